The summed E-state index contributed by atoms with van der Waals surface area (Å²) in [6.07, 6.45) is 8.14. The van der Waals surface area contributed by atoms with Gasteiger partial charge in [0.25, 0.3) is 0 Å². The van der Waals surface area contributed by atoms with Crippen LogP contribution >= 0.6 is 0 Å². The Hall–Kier alpha value is -2.09. The standard InChI is InChI=1S/C22H28O2/c1-15(12-20(23)24)8-7-9-16(2)17-10-11-18-19(13-17)22(5,6)14-21(18,3)4/h7-13H,14H2,1-6H3,(H,23,24)/b8-7+,15-12+,16-9+. The molecule has 1 aliphatic rings. The van der Waals surface area contributed by atoms with E-state index in [-0.39, 0.29) is 10.8 Å². The lowest BCUT2D eigenvalue weighted by molar-refractivity contribution is -0.131. The average molecular weight is 324 g/mol. The maximum atomic E-state index is 10.6. The van der Waals surface area contributed by atoms with E-state index >= 15 is 0 Å². The molecule has 2 nitrogen and oxygen atoms in total. The van der Waals surface area contributed by atoms with Gasteiger partial charge in [-0.1, -0.05) is 64.1 Å². The number of hydrogen-bond acceptors (Lipinski definition) is 1. The highest BCUT2D eigenvalue weighted by atomic mass is 16.4. The predicted molar refractivity (Wildman–Crippen MR) is 101 cm³/mol. The topological polar surface area (TPSA) is 37.3 Å². The normalized spacial score (nSPS) is 19.6. The molecule has 0 bridgehead atoms. The zero-order valence-corrected chi connectivity index (χ0v) is 15.6. The number of benzene rings is 1. The molecule has 0 amide bonds. The number of carboxylic acid groups (broad SMARTS) is 1. The van der Waals surface area contributed by atoms with Crippen LogP contribution in [-0.4, -0.2) is 11.1 Å². The maximum Gasteiger partial charge on any atom is 0.328 e. The summed E-state index contributed by atoms with van der Waals surface area (Å²) in [6, 6.07) is 6.79. The molecule has 128 valence electrons. The van der Waals surface area contributed by atoms with Crippen LogP contribution in [0.5, 0.6) is 0 Å². The van der Waals surface area contributed by atoms with Gasteiger partial charge >= 0.3 is 5.97 Å². The van der Waals surface area contributed by atoms with E-state index in [9.17, 15) is 4.79 Å². The quantitative estimate of drug-likeness (QED) is 0.575. The number of carbonyl (C=O) groups is 1. The van der Waals surface area contributed by atoms with Crippen LogP contribution in [0.4, 0.5) is 0 Å². The Balaban J connectivity index is 2.30. The van der Waals surface area contributed by atoms with Crippen LogP contribution < -0.4 is 0 Å². The number of hydrogen-bond donors (Lipinski definition) is 1. The Bertz CT molecular complexity index is 743. The average Bonchev–Trinajstić information content (AvgIpc) is 2.62. The molecule has 0 aliphatic heterocycles. The molecule has 0 saturated heterocycles. The molecule has 2 rings (SSSR count). The molecule has 0 fully saturated rings. The van der Waals surface area contributed by atoms with Gasteiger partial charge in [-0.3, -0.25) is 0 Å². The van der Waals surface area contributed by atoms with E-state index < -0.39 is 5.97 Å². The van der Waals surface area contributed by atoms with Crippen molar-refractivity contribution in [2.45, 2.75) is 58.8 Å². The molecule has 24 heavy (non-hydrogen) atoms. The molecule has 1 N–H and O–H groups in total. The van der Waals surface area contributed by atoms with E-state index in [1.54, 1.807) is 6.92 Å². The number of allylic oxidation sites excluding steroid dienone is 5. The number of aliphatic carboxylic acids is 1. The third kappa shape index (κ3) is 3.87. The Morgan fingerprint density at radius 1 is 1.08 bits per heavy atom. The predicted octanol–water partition coefficient (Wildman–Crippen LogP) is 5.64. The maximum absolute atomic E-state index is 10.6. The van der Waals surface area contributed by atoms with Crippen molar-refractivity contribution in [3.05, 3.63) is 64.8 Å². The fourth-order valence-electron chi connectivity index (χ4n) is 3.92. The first-order valence-corrected chi connectivity index (χ1v) is 8.44. The minimum absolute atomic E-state index is 0.200. The van der Waals surface area contributed by atoms with Gasteiger partial charge in [-0.25, -0.2) is 4.79 Å². The van der Waals surface area contributed by atoms with Crippen molar-refractivity contribution < 1.29 is 9.90 Å². The fourth-order valence-corrected chi connectivity index (χ4v) is 3.92. The zero-order valence-electron chi connectivity index (χ0n) is 15.6. The summed E-state index contributed by atoms with van der Waals surface area (Å²) in [5.41, 5.74) is 6.47. The largest absolute Gasteiger partial charge is 0.478 e. The Labute approximate surface area is 145 Å². The molecule has 0 heterocycles. The van der Waals surface area contributed by atoms with Crippen LogP contribution in [0.15, 0.2) is 48.1 Å². The summed E-state index contributed by atoms with van der Waals surface area (Å²) >= 11 is 0. The monoisotopic (exact) mass is 324 g/mol. The fraction of sp³-hybridized carbons (Fsp3) is 0.409. The highest BCUT2D eigenvalue weighted by Crippen LogP contribution is 2.49. The number of rotatable bonds is 4. The van der Waals surface area contributed by atoms with E-state index in [1.807, 2.05) is 18.2 Å². The first-order chi connectivity index (χ1) is 11.0. The number of fused-ring (bicyclic) bond motifs is 1. The van der Waals surface area contributed by atoms with Crippen molar-refractivity contribution in [2.24, 2.45) is 0 Å². The molecule has 1 aromatic carbocycles. The van der Waals surface area contributed by atoms with E-state index in [2.05, 4.69) is 52.8 Å². The Morgan fingerprint density at radius 2 is 1.71 bits per heavy atom. The van der Waals surface area contributed by atoms with E-state index in [1.165, 1.54) is 34.8 Å². The van der Waals surface area contributed by atoms with Gasteiger partial charge in [0.05, 0.1) is 0 Å². The summed E-state index contributed by atoms with van der Waals surface area (Å²) in [4.78, 5) is 10.6. The first kappa shape index (κ1) is 18.3. The van der Waals surface area contributed by atoms with Crippen LogP contribution in [0.3, 0.4) is 0 Å². The van der Waals surface area contributed by atoms with Gasteiger partial charge in [-0.05, 0) is 58.9 Å². The second-order valence-corrected chi connectivity index (χ2v) is 8.14. The third-order valence-electron chi connectivity index (χ3n) is 4.87. The van der Waals surface area contributed by atoms with E-state index in [4.69, 9.17) is 5.11 Å². The summed E-state index contributed by atoms with van der Waals surface area (Å²) in [7, 11) is 0. The van der Waals surface area contributed by atoms with Gasteiger partial charge in [0, 0.05) is 6.08 Å². The molecule has 1 aliphatic carbocycles. The Kier molecular flexibility index (Phi) is 4.89. The van der Waals surface area contributed by atoms with E-state index in [0.717, 1.165) is 5.57 Å². The van der Waals surface area contributed by atoms with Crippen molar-refractivity contribution in [2.75, 3.05) is 0 Å². The van der Waals surface area contributed by atoms with Gasteiger partial charge in [0.1, 0.15) is 0 Å². The van der Waals surface area contributed by atoms with Crippen molar-refractivity contribution >= 4 is 11.5 Å². The Morgan fingerprint density at radius 3 is 2.33 bits per heavy atom. The van der Waals surface area contributed by atoms with Crippen molar-refractivity contribution in [1.82, 2.24) is 0 Å². The van der Waals surface area contributed by atoms with Gasteiger partial charge in [0.2, 0.25) is 0 Å². The molecule has 2 heteroatoms. The van der Waals surface area contributed by atoms with Crippen molar-refractivity contribution in [3.63, 3.8) is 0 Å². The lowest BCUT2D eigenvalue weighted by Crippen LogP contribution is -2.17. The van der Waals surface area contributed by atoms with Crippen LogP contribution in [0.25, 0.3) is 5.57 Å². The van der Waals surface area contributed by atoms with Crippen LogP contribution in [0.1, 0.15) is 64.7 Å². The van der Waals surface area contributed by atoms with Gasteiger partial charge in [-0.15, -0.1) is 0 Å². The van der Waals surface area contributed by atoms with Crippen molar-refractivity contribution in [1.29, 1.82) is 0 Å². The van der Waals surface area contributed by atoms with Crippen molar-refractivity contribution in [3.8, 4) is 0 Å². The zero-order chi connectivity index (χ0) is 18.1. The third-order valence-corrected chi connectivity index (χ3v) is 4.87. The minimum atomic E-state index is -0.915. The molecule has 0 unspecified atom stereocenters. The second-order valence-electron chi connectivity index (χ2n) is 8.14. The molecule has 0 spiro atoms. The van der Waals surface area contributed by atoms with Crippen LogP contribution in [0.2, 0.25) is 0 Å². The first-order valence-electron chi connectivity index (χ1n) is 8.44. The van der Waals surface area contributed by atoms with Gasteiger partial charge in [0.15, 0.2) is 0 Å². The summed E-state index contributed by atoms with van der Waals surface area (Å²) < 4.78 is 0. The molecule has 0 aromatic heterocycles. The van der Waals surface area contributed by atoms with Gasteiger partial charge < -0.3 is 5.11 Å². The molecule has 0 radical (unpaired) electrons. The van der Waals surface area contributed by atoms with Gasteiger partial charge in [-0.2, -0.15) is 0 Å². The second kappa shape index (κ2) is 6.43. The highest BCUT2D eigenvalue weighted by molar-refractivity contribution is 5.81. The molecule has 1 aromatic rings. The lowest BCUT2D eigenvalue weighted by Gasteiger charge is -2.22. The summed E-state index contributed by atoms with van der Waals surface area (Å²) in [5.74, 6) is -0.915. The molecular formula is C22H28O2. The highest BCUT2D eigenvalue weighted by Gasteiger charge is 2.41. The smallest absolute Gasteiger partial charge is 0.328 e. The molecule has 0 atom stereocenters. The SMILES string of the molecule is CC(/C=C/C=C(\C)c1ccc2c(c1)C(C)(C)CC2(C)C)=C\C(=O)O. The van der Waals surface area contributed by atoms with Crippen LogP contribution in [-0.2, 0) is 15.6 Å². The summed E-state index contributed by atoms with van der Waals surface area (Å²) in [5, 5.41) is 8.73. The van der Waals surface area contributed by atoms with E-state index in [0.29, 0.717) is 0 Å². The summed E-state index contributed by atoms with van der Waals surface area (Å²) in [6.45, 7) is 13.2. The molecule has 0 saturated carbocycles. The minimum Gasteiger partial charge on any atom is -0.478 e. The lowest BCUT2D eigenvalue weighted by atomic mass is 9.82. The molecular weight excluding hydrogens is 296 g/mol. The van der Waals surface area contributed by atoms with Crippen LogP contribution in [0, 0.1) is 0 Å². The number of carboxylic acids is 1.